The van der Waals surface area contributed by atoms with Crippen LogP contribution in [0.5, 0.6) is 0 Å². The lowest BCUT2D eigenvalue weighted by Crippen LogP contribution is -2.09. The minimum absolute atomic E-state index is 0.341. The monoisotopic (exact) mass is 315 g/mol. The molecule has 0 aliphatic rings. The highest BCUT2D eigenvalue weighted by Crippen LogP contribution is 2.28. The average molecular weight is 316 g/mol. The van der Waals surface area contributed by atoms with Crippen LogP contribution in [0.1, 0.15) is 11.4 Å². The second-order valence-corrected chi connectivity index (χ2v) is 5.12. The SMILES string of the molecule is Cc1cc(C)n(-c2ncnc(Nc3cccnc3Cl)c2N)n1. The third-order valence-electron chi connectivity index (χ3n) is 3.09. The van der Waals surface area contributed by atoms with E-state index in [9.17, 15) is 0 Å². The van der Waals surface area contributed by atoms with Gasteiger partial charge in [0, 0.05) is 11.9 Å². The van der Waals surface area contributed by atoms with Crippen LogP contribution in [0.2, 0.25) is 5.15 Å². The van der Waals surface area contributed by atoms with Crippen LogP contribution in [0, 0.1) is 13.8 Å². The fraction of sp³-hybridized carbons (Fsp3) is 0.143. The van der Waals surface area contributed by atoms with Crippen molar-refractivity contribution in [3.8, 4) is 5.82 Å². The van der Waals surface area contributed by atoms with E-state index < -0.39 is 0 Å². The number of nitrogens with zero attached hydrogens (tertiary/aromatic N) is 5. The molecule has 0 aliphatic heterocycles. The Morgan fingerprint density at radius 1 is 1.23 bits per heavy atom. The van der Waals surface area contributed by atoms with Crippen LogP contribution in [-0.2, 0) is 0 Å². The van der Waals surface area contributed by atoms with Gasteiger partial charge in [0.2, 0.25) is 0 Å². The van der Waals surface area contributed by atoms with E-state index in [4.69, 9.17) is 17.3 Å². The Morgan fingerprint density at radius 2 is 2.05 bits per heavy atom. The summed E-state index contributed by atoms with van der Waals surface area (Å²) in [7, 11) is 0. The first-order chi connectivity index (χ1) is 10.6. The molecule has 22 heavy (non-hydrogen) atoms. The number of nitrogens with two attached hydrogens (primary N) is 1. The van der Waals surface area contributed by atoms with Gasteiger partial charge in [0.05, 0.1) is 11.4 Å². The van der Waals surface area contributed by atoms with Gasteiger partial charge in [0.25, 0.3) is 0 Å². The summed E-state index contributed by atoms with van der Waals surface area (Å²) in [4.78, 5) is 12.4. The Balaban J connectivity index is 2.03. The predicted octanol–water partition coefficient (Wildman–Crippen LogP) is 2.65. The molecule has 7 nitrogen and oxygen atoms in total. The molecule has 0 unspecified atom stereocenters. The molecule has 0 aromatic carbocycles. The van der Waals surface area contributed by atoms with Crippen molar-refractivity contribution in [2.45, 2.75) is 13.8 Å². The third-order valence-corrected chi connectivity index (χ3v) is 3.39. The summed E-state index contributed by atoms with van der Waals surface area (Å²) in [5.74, 6) is 0.968. The van der Waals surface area contributed by atoms with Crippen molar-refractivity contribution in [3.05, 3.63) is 47.3 Å². The molecule has 0 aliphatic carbocycles. The van der Waals surface area contributed by atoms with Crippen molar-refractivity contribution in [2.24, 2.45) is 0 Å². The van der Waals surface area contributed by atoms with E-state index in [2.05, 4.69) is 25.4 Å². The van der Waals surface area contributed by atoms with E-state index in [0.717, 1.165) is 11.4 Å². The molecule has 0 spiro atoms. The molecule has 112 valence electrons. The zero-order valence-corrected chi connectivity index (χ0v) is 12.8. The normalized spacial score (nSPS) is 10.7. The van der Waals surface area contributed by atoms with Crippen LogP contribution in [-0.4, -0.2) is 24.7 Å². The highest BCUT2D eigenvalue weighted by atomic mass is 35.5. The Hall–Kier alpha value is -2.67. The maximum absolute atomic E-state index is 6.18. The van der Waals surface area contributed by atoms with Gasteiger partial charge in [-0.05, 0) is 32.0 Å². The minimum Gasteiger partial charge on any atom is -0.393 e. The zero-order chi connectivity index (χ0) is 15.7. The zero-order valence-electron chi connectivity index (χ0n) is 12.1. The fourth-order valence-electron chi connectivity index (χ4n) is 2.10. The third kappa shape index (κ3) is 2.58. The number of hydrogen-bond donors (Lipinski definition) is 2. The summed E-state index contributed by atoms with van der Waals surface area (Å²) in [6, 6.07) is 5.51. The molecule has 0 atom stereocenters. The first-order valence-electron chi connectivity index (χ1n) is 6.58. The highest BCUT2D eigenvalue weighted by Gasteiger charge is 2.14. The molecule has 0 bridgehead atoms. The van der Waals surface area contributed by atoms with Crippen LogP contribution in [0.3, 0.4) is 0 Å². The first-order valence-corrected chi connectivity index (χ1v) is 6.95. The lowest BCUT2D eigenvalue weighted by molar-refractivity contribution is 0.804. The molecule has 3 N–H and O–H groups in total. The second-order valence-electron chi connectivity index (χ2n) is 4.77. The van der Waals surface area contributed by atoms with Gasteiger partial charge in [0.15, 0.2) is 16.8 Å². The molecule has 3 aromatic rings. The van der Waals surface area contributed by atoms with Gasteiger partial charge in [-0.15, -0.1) is 0 Å². The number of anilines is 3. The summed E-state index contributed by atoms with van der Waals surface area (Å²) in [5, 5.41) is 7.79. The summed E-state index contributed by atoms with van der Waals surface area (Å²) in [6.07, 6.45) is 3.03. The van der Waals surface area contributed by atoms with Gasteiger partial charge in [0.1, 0.15) is 12.0 Å². The molecule has 0 radical (unpaired) electrons. The summed E-state index contributed by atoms with van der Waals surface area (Å²) < 4.78 is 1.68. The van der Waals surface area contributed by atoms with Gasteiger partial charge in [-0.3, -0.25) is 0 Å². The molecule has 3 rings (SSSR count). The number of aromatic nitrogens is 5. The fourth-order valence-corrected chi connectivity index (χ4v) is 2.27. The van der Waals surface area contributed by atoms with Gasteiger partial charge < -0.3 is 11.1 Å². The molecule has 8 heteroatoms. The number of halogens is 1. The molecule has 0 saturated heterocycles. The molecule has 3 heterocycles. The van der Waals surface area contributed by atoms with Crippen molar-refractivity contribution in [1.29, 1.82) is 0 Å². The maximum Gasteiger partial charge on any atom is 0.182 e. The van der Waals surface area contributed by atoms with Gasteiger partial charge in [-0.1, -0.05) is 11.6 Å². The Morgan fingerprint density at radius 3 is 2.73 bits per heavy atom. The molecular formula is C14H14ClN7. The first kappa shape index (κ1) is 14.3. The Labute approximate surface area is 132 Å². The number of aryl methyl sites for hydroxylation is 2. The van der Waals surface area contributed by atoms with Crippen molar-refractivity contribution in [1.82, 2.24) is 24.7 Å². The van der Waals surface area contributed by atoms with E-state index in [1.165, 1.54) is 6.33 Å². The van der Waals surface area contributed by atoms with Gasteiger partial charge in [-0.25, -0.2) is 19.6 Å². The van der Waals surface area contributed by atoms with Crippen LogP contribution >= 0.6 is 11.6 Å². The summed E-state index contributed by atoms with van der Waals surface area (Å²) >= 11 is 6.04. The van der Waals surface area contributed by atoms with Gasteiger partial charge in [-0.2, -0.15) is 5.10 Å². The summed E-state index contributed by atoms with van der Waals surface area (Å²) in [5.41, 5.74) is 9.01. The topological polar surface area (TPSA) is 94.5 Å². The number of nitrogen functional groups attached to an aromatic ring is 1. The average Bonchev–Trinajstić information content (AvgIpc) is 2.82. The number of hydrogen-bond acceptors (Lipinski definition) is 6. The number of rotatable bonds is 3. The van der Waals surface area contributed by atoms with Gasteiger partial charge >= 0.3 is 0 Å². The van der Waals surface area contributed by atoms with E-state index >= 15 is 0 Å². The number of nitrogens with one attached hydrogen (secondary N) is 1. The van der Waals surface area contributed by atoms with Crippen LogP contribution in [0.25, 0.3) is 5.82 Å². The van der Waals surface area contributed by atoms with Crippen molar-refractivity contribution >= 4 is 28.8 Å². The van der Waals surface area contributed by atoms with Crippen LogP contribution in [0.4, 0.5) is 17.2 Å². The molecular weight excluding hydrogens is 302 g/mol. The lowest BCUT2D eigenvalue weighted by atomic mass is 10.3. The second kappa shape index (κ2) is 5.61. The molecule has 0 fully saturated rings. The minimum atomic E-state index is 0.341. The quantitative estimate of drug-likeness (QED) is 0.721. The number of pyridine rings is 1. The van der Waals surface area contributed by atoms with Crippen LogP contribution in [0.15, 0.2) is 30.7 Å². The largest absolute Gasteiger partial charge is 0.393 e. The maximum atomic E-state index is 6.18. The Bertz CT molecular complexity index is 828. The van der Waals surface area contributed by atoms with Crippen molar-refractivity contribution in [3.63, 3.8) is 0 Å². The highest BCUT2D eigenvalue weighted by molar-refractivity contribution is 6.32. The van der Waals surface area contributed by atoms with E-state index in [0.29, 0.717) is 28.2 Å². The van der Waals surface area contributed by atoms with Crippen molar-refractivity contribution < 1.29 is 0 Å². The van der Waals surface area contributed by atoms with Crippen molar-refractivity contribution in [2.75, 3.05) is 11.1 Å². The van der Waals surface area contributed by atoms with Crippen LogP contribution < -0.4 is 11.1 Å². The molecule has 3 aromatic heterocycles. The summed E-state index contributed by atoms with van der Waals surface area (Å²) in [6.45, 7) is 3.85. The molecule has 0 saturated carbocycles. The van der Waals surface area contributed by atoms with E-state index in [1.54, 1.807) is 23.0 Å². The van der Waals surface area contributed by atoms with E-state index in [-0.39, 0.29) is 0 Å². The Kier molecular flexibility index (Phi) is 3.64. The smallest absolute Gasteiger partial charge is 0.182 e. The predicted molar refractivity (Wildman–Crippen MR) is 85.6 cm³/mol. The lowest BCUT2D eigenvalue weighted by Gasteiger charge is -2.12. The molecule has 0 amide bonds. The van der Waals surface area contributed by atoms with E-state index in [1.807, 2.05) is 19.9 Å². The standard InChI is InChI=1S/C14H14ClN7/c1-8-6-9(2)22(21-8)14-11(16)13(18-7-19-14)20-10-4-3-5-17-12(10)15/h3-7H,16H2,1-2H3,(H,18,19,20).